The molecule has 0 aromatic heterocycles. The summed E-state index contributed by atoms with van der Waals surface area (Å²) in [7, 11) is 0.449. The van der Waals surface area contributed by atoms with Gasteiger partial charge in [0.05, 0.1) is 31.4 Å². The van der Waals surface area contributed by atoms with Gasteiger partial charge in [-0.3, -0.25) is 9.69 Å². The van der Waals surface area contributed by atoms with E-state index in [1.165, 1.54) is 5.56 Å². The van der Waals surface area contributed by atoms with Crippen LogP contribution in [-0.2, 0) is 21.2 Å². The highest BCUT2D eigenvalue weighted by Gasteiger charge is 2.38. The standard InChI is InChI=1S/C32H45F3N4O5S/c1-38-16-9-5-8-12-28(39(2)45(42,43)17-15-32(33,34)35)31(41)37-27(18-22-10-6-4-7-11-22)30(40)21-36-26-20-29(38)24-14-13-23(44-3)19-25(24)26/h4,6-7,10-11,13-14,19,26-30,36,40H,5,8-9,12,15-18,20-21H2,1-3H3,(H,37,41)/t26-,27-,28-,29?,30+/m0/s1. The first-order valence-electron chi connectivity index (χ1n) is 15.5. The second-order valence-corrected chi connectivity index (χ2v) is 14.3. The van der Waals surface area contributed by atoms with Crippen LogP contribution in [0.15, 0.2) is 48.5 Å². The number of ether oxygens (including phenoxy) is 1. The number of aliphatic hydroxyl groups is 1. The lowest BCUT2D eigenvalue weighted by molar-refractivity contribution is -0.130. The van der Waals surface area contributed by atoms with E-state index in [4.69, 9.17) is 4.74 Å². The van der Waals surface area contributed by atoms with Crippen molar-refractivity contribution in [3.63, 3.8) is 0 Å². The molecule has 1 unspecified atom stereocenters. The normalized spacial score (nSPS) is 26.0. The number of sulfonamides is 1. The van der Waals surface area contributed by atoms with Crippen molar-refractivity contribution in [2.24, 2.45) is 0 Å². The Hall–Kier alpha value is -2.71. The lowest BCUT2D eigenvalue weighted by atomic mass is 9.99. The number of methoxy groups -OCH3 is 1. The number of halogens is 3. The van der Waals surface area contributed by atoms with Gasteiger partial charge in [-0.25, -0.2) is 8.42 Å². The fourth-order valence-electron chi connectivity index (χ4n) is 6.30. The zero-order valence-corrected chi connectivity index (χ0v) is 26.9. The second-order valence-electron chi connectivity index (χ2n) is 12.1. The van der Waals surface area contributed by atoms with Crippen LogP contribution >= 0.6 is 0 Å². The minimum atomic E-state index is -4.65. The molecule has 4 rings (SSSR count). The molecule has 1 fully saturated rings. The van der Waals surface area contributed by atoms with Gasteiger partial charge < -0.3 is 20.5 Å². The first-order chi connectivity index (χ1) is 21.3. The summed E-state index contributed by atoms with van der Waals surface area (Å²) in [6, 6.07) is 13.4. The van der Waals surface area contributed by atoms with E-state index in [0.29, 0.717) is 12.8 Å². The Labute approximate surface area is 264 Å². The smallest absolute Gasteiger partial charge is 0.390 e. The average Bonchev–Trinajstić information content (AvgIpc) is 3.37. The van der Waals surface area contributed by atoms with Crippen molar-refractivity contribution >= 4 is 15.9 Å². The van der Waals surface area contributed by atoms with Crippen molar-refractivity contribution in [1.82, 2.24) is 19.8 Å². The number of hydrogen-bond donors (Lipinski definition) is 3. The molecule has 45 heavy (non-hydrogen) atoms. The number of likely N-dealkylation sites (N-methyl/N-ethyl adjacent to an activating group) is 1. The zero-order chi connectivity index (χ0) is 32.8. The third-order valence-electron chi connectivity index (χ3n) is 9.00. The average molecular weight is 655 g/mol. The summed E-state index contributed by atoms with van der Waals surface area (Å²) >= 11 is 0. The Kier molecular flexibility index (Phi) is 11.9. The molecule has 13 heteroatoms. The summed E-state index contributed by atoms with van der Waals surface area (Å²) in [6.07, 6.45) is -4.01. The Morgan fingerprint density at radius 3 is 2.51 bits per heavy atom. The van der Waals surface area contributed by atoms with Crippen LogP contribution in [-0.4, -0.2) is 93.0 Å². The molecule has 2 aromatic rings. The lowest BCUT2D eigenvalue weighted by Crippen LogP contribution is -2.55. The monoisotopic (exact) mass is 654 g/mol. The van der Waals surface area contributed by atoms with Gasteiger partial charge in [-0.15, -0.1) is 0 Å². The van der Waals surface area contributed by atoms with Gasteiger partial charge in [0.25, 0.3) is 0 Å². The van der Waals surface area contributed by atoms with Gasteiger partial charge in [-0.1, -0.05) is 49.2 Å². The van der Waals surface area contributed by atoms with Crippen LogP contribution in [0, 0.1) is 0 Å². The topological polar surface area (TPSA) is 111 Å². The maximum atomic E-state index is 13.8. The van der Waals surface area contributed by atoms with Crippen LogP contribution in [0.25, 0.3) is 0 Å². The van der Waals surface area contributed by atoms with Gasteiger partial charge in [0.2, 0.25) is 15.9 Å². The first-order valence-corrected chi connectivity index (χ1v) is 17.1. The maximum Gasteiger partial charge on any atom is 0.390 e. The minimum Gasteiger partial charge on any atom is -0.497 e. The molecule has 0 spiro atoms. The first kappa shape index (κ1) is 35.1. The number of aliphatic hydroxyl groups excluding tert-OH is 1. The highest BCUT2D eigenvalue weighted by atomic mass is 32.2. The molecule has 0 radical (unpaired) electrons. The molecule has 1 aliphatic heterocycles. The molecule has 250 valence electrons. The van der Waals surface area contributed by atoms with E-state index in [9.17, 15) is 31.5 Å². The summed E-state index contributed by atoms with van der Waals surface area (Å²) in [4.78, 5) is 16.0. The molecule has 9 nitrogen and oxygen atoms in total. The fourth-order valence-corrected chi connectivity index (χ4v) is 7.67. The molecule has 1 heterocycles. The van der Waals surface area contributed by atoms with Crippen molar-refractivity contribution in [2.45, 2.75) is 81.4 Å². The Balaban J connectivity index is 1.62. The Morgan fingerprint density at radius 1 is 1.09 bits per heavy atom. The number of rotatable bonds is 7. The van der Waals surface area contributed by atoms with Crippen molar-refractivity contribution in [3.8, 4) is 5.75 Å². The number of fused-ring (bicyclic) bond motifs is 5. The van der Waals surface area contributed by atoms with E-state index in [1.54, 1.807) is 7.11 Å². The van der Waals surface area contributed by atoms with Gasteiger partial charge in [0.1, 0.15) is 11.8 Å². The van der Waals surface area contributed by atoms with Gasteiger partial charge in [0, 0.05) is 25.7 Å². The number of amides is 1. The molecule has 3 N–H and O–H groups in total. The molecule has 1 aliphatic carbocycles. The predicted molar refractivity (Wildman–Crippen MR) is 166 cm³/mol. The van der Waals surface area contributed by atoms with Crippen molar-refractivity contribution in [2.75, 3.05) is 40.0 Å². The minimum absolute atomic E-state index is 0.0733. The van der Waals surface area contributed by atoms with Crippen LogP contribution < -0.4 is 15.4 Å². The predicted octanol–water partition coefficient (Wildman–Crippen LogP) is 3.95. The van der Waals surface area contributed by atoms with Gasteiger partial charge >= 0.3 is 6.18 Å². The third kappa shape index (κ3) is 9.41. The van der Waals surface area contributed by atoms with Crippen molar-refractivity contribution < 1.29 is 36.2 Å². The largest absolute Gasteiger partial charge is 0.497 e. The highest BCUT2D eigenvalue weighted by molar-refractivity contribution is 7.89. The number of hydrogen-bond acceptors (Lipinski definition) is 7. The van der Waals surface area contributed by atoms with Crippen molar-refractivity contribution in [3.05, 3.63) is 65.2 Å². The zero-order valence-electron chi connectivity index (χ0n) is 26.1. The molecule has 2 aromatic carbocycles. The fraction of sp³-hybridized carbons (Fsp3) is 0.594. The lowest BCUT2D eigenvalue weighted by Gasteiger charge is -2.32. The van der Waals surface area contributed by atoms with E-state index >= 15 is 0 Å². The summed E-state index contributed by atoms with van der Waals surface area (Å²) < 4.78 is 70.9. The highest BCUT2D eigenvalue weighted by Crippen LogP contribution is 2.43. The number of benzene rings is 2. The molecule has 1 amide bonds. The molecule has 5 atom stereocenters. The molecule has 2 bridgehead atoms. The molecule has 1 saturated heterocycles. The van der Waals surface area contributed by atoms with E-state index in [0.717, 1.165) is 47.6 Å². The number of β-amino-alcohol motifs (C(OH)–C–C–N with tert-alkyl or cyclic N) is 1. The molecular formula is C32H45F3N4O5S. The van der Waals surface area contributed by atoms with Crippen LogP contribution in [0.5, 0.6) is 5.75 Å². The van der Waals surface area contributed by atoms with Gasteiger partial charge in [-0.05, 0) is 68.1 Å². The van der Waals surface area contributed by atoms with E-state index in [1.807, 2.05) is 42.5 Å². The van der Waals surface area contributed by atoms with Crippen LogP contribution in [0.2, 0.25) is 0 Å². The van der Waals surface area contributed by atoms with Gasteiger partial charge in [0.15, 0.2) is 0 Å². The third-order valence-corrected chi connectivity index (χ3v) is 10.8. The summed E-state index contributed by atoms with van der Waals surface area (Å²) in [5.74, 6) is -1.05. The van der Waals surface area contributed by atoms with Gasteiger partial charge in [-0.2, -0.15) is 17.5 Å². The summed E-state index contributed by atoms with van der Waals surface area (Å²) in [6.45, 7) is 0.904. The molecular weight excluding hydrogens is 609 g/mol. The number of nitrogens with one attached hydrogen (secondary N) is 2. The van der Waals surface area contributed by atoms with Crippen LogP contribution in [0.1, 0.15) is 67.3 Å². The second kappa shape index (κ2) is 15.3. The van der Waals surface area contributed by atoms with Crippen LogP contribution in [0.3, 0.4) is 0 Å². The van der Waals surface area contributed by atoms with E-state index in [2.05, 4.69) is 28.6 Å². The Morgan fingerprint density at radius 2 is 1.82 bits per heavy atom. The quantitative estimate of drug-likeness (QED) is 0.415. The van der Waals surface area contributed by atoms with E-state index < -0.39 is 52.5 Å². The van der Waals surface area contributed by atoms with Crippen LogP contribution in [0.4, 0.5) is 13.2 Å². The molecule has 2 aliphatic rings. The number of alkyl halides is 3. The Bertz CT molecular complexity index is 1380. The maximum absolute atomic E-state index is 13.8. The number of nitrogens with zero attached hydrogens (tertiary/aromatic N) is 2. The van der Waals surface area contributed by atoms with Crippen molar-refractivity contribution in [1.29, 1.82) is 0 Å². The number of carbonyl (C=O) groups excluding carboxylic acids is 1. The number of carbonyl (C=O) groups is 1. The molecule has 0 saturated carbocycles. The summed E-state index contributed by atoms with van der Waals surface area (Å²) in [5, 5.41) is 17.8. The SMILES string of the molecule is COc1ccc2c(c1)[C@@H]1CC2N(C)CCCCC[C@H](N(C)S(=O)(=O)CCC(F)(F)F)C(=O)N[C@@H](Cc2ccccc2)[C@H](O)CN1. The van der Waals surface area contributed by atoms with E-state index in [-0.39, 0.29) is 31.5 Å². The summed E-state index contributed by atoms with van der Waals surface area (Å²) in [5.41, 5.74) is 3.14.